The minimum atomic E-state index is -0.459. The Labute approximate surface area is 122 Å². The van der Waals surface area contributed by atoms with Crippen molar-refractivity contribution in [2.75, 3.05) is 13.1 Å². The minimum absolute atomic E-state index is 0.000909. The van der Waals surface area contributed by atoms with Crippen LogP contribution in [0.1, 0.15) is 18.9 Å². The molecule has 0 radical (unpaired) electrons. The maximum absolute atomic E-state index is 11.8. The van der Waals surface area contributed by atoms with Crippen LogP contribution in [0.2, 0.25) is 0 Å². The second-order valence-corrected chi connectivity index (χ2v) is 5.64. The monoisotopic (exact) mass is 289 g/mol. The van der Waals surface area contributed by atoms with Gasteiger partial charge in [-0.25, -0.2) is 0 Å². The van der Waals surface area contributed by atoms with E-state index >= 15 is 0 Å². The number of nitrogens with one attached hydrogen (secondary N) is 1. The fraction of sp³-hybridized carbons (Fsp3) is 0.333. The molecular weight excluding hydrogens is 274 g/mol. The number of hydrogen-bond donors (Lipinski definition) is 1. The van der Waals surface area contributed by atoms with Gasteiger partial charge in [0, 0.05) is 31.0 Å². The van der Waals surface area contributed by atoms with E-state index in [0.717, 1.165) is 23.0 Å². The summed E-state index contributed by atoms with van der Waals surface area (Å²) in [6, 6.07) is 3.93. The van der Waals surface area contributed by atoms with E-state index in [4.69, 9.17) is 11.6 Å². The zero-order valence-electron chi connectivity index (χ0n) is 11.3. The van der Waals surface area contributed by atoms with Crippen molar-refractivity contribution in [3.8, 4) is 0 Å². The number of fused-ring (bicyclic) bond motifs is 1. The zero-order chi connectivity index (χ0) is 14.1. The third kappa shape index (κ3) is 2.31. The summed E-state index contributed by atoms with van der Waals surface area (Å²) in [6.45, 7) is 3.04. The van der Waals surface area contributed by atoms with E-state index in [2.05, 4.69) is 16.0 Å². The third-order valence-corrected chi connectivity index (χ3v) is 3.83. The number of hydrogen-bond acceptors (Lipinski definition) is 2. The molecule has 1 aliphatic rings. The van der Waals surface area contributed by atoms with Gasteiger partial charge >= 0.3 is 0 Å². The smallest absolute Gasteiger partial charge is 0.240 e. The average Bonchev–Trinajstić information content (AvgIpc) is 2.90. The summed E-state index contributed by atoms with van der Waals surface area (Å²) >= 11 is 5.85. The largest absolute Gasteiger partial charge is 0.359 e. The molecule has 3 rings (SSSR count). The standard InChI is InChI=1S/C15H16ClN3O/c1-10(16)15(20)19-7-4-11(5-8-19)12-9-18-13-3-2-6-17-14(12)13/h2-4,6,9-10,18H,5,7-8H2,1H3. The predicted molar refractivity (Wildman–Crippen MR) is 80.6 cm³/mol. The lowest BCUT2D eigenvalue weighted by molar-refractivity contribution is -0.130. The highest BCUT2D eigenvalue weighted by molar-refractivity contribution is 6.30. The first-order valence-electron chi connectivity index (χ1n) is 6.71. The number of pyridine rings is 1. The molecule has 2 aromatic rings. The summed E-state index contributed by atoms with van der Waals surface area (Å²) < 4.78 is 0. The van der Waals surface area contributed by atoms with Crippen molar-refractivity contribution in [2.45, 2.75) is 18.7 Å². The lowest BCUT2D eigenvalue weighted by atomic mass is 10.0. The second-order valence-electron chi connectivity index (χ2n) is 4.98. The van der Waals surface area contributed by atoms with Crippen LogP contribution in [-0.4, -0.2) is 39.2 Å². The number of H-pyrrole nitrogens is 1. The predicted octanol–water partition coefficient (Wildman–Crippen LogP) is 2.81. The Morgan fingerprint density at radius 1 is 1.55 bits per heavy atom. The van der Waals surface area contributed by atoms with Gasteiger partial charge in [-0.2, -0.15) is 0 Å². The molecule has 1 atom stereocenters. The van der Waals surface area contributed by atoms with E-state index in [1.807, 2.05) is 18.3 Å². The number of carbonyl (C=O) groups is 1. The number of alkyl halides is 1. The fourth-order valence-electron chi connectivity index (χ4n) is 2.56. The summed E-state index contributed by atoms with van der Waals surface area (Å²) in [7, 11) is 0. The Hall–Kier alpha value is -1.81. The van der Waals surface area contributed by atoms with E-state index in [1.54, 1.807) is 18.0 Å². The van der Waals surface area contributed by atoms with Gasteiger partial charge in [0.15, 0.2) is 0 Å². The first-order chi connectivity index (χ1) is 9.66. The maximum Gasteiger partial charge on any atom is 0.240 e. The molecule has 0 saturated carbocycles. The number of nitrogens with zero attached hydrogens (tertiary/aromatic N) is 2. The molecule has 1 amide bonds. The molecular formula is C15H16ClN3O. The molecule has 20 heavy (non-hydrogen) atoms. The van der Waals surface area contributed by atoms with E-state index in [0.29, 0.717) is 13.1 Å². The van der Waals surface area contributed by atoms with Crippen LogP contribution in [0, 0.1) is 0 Å². The molecule has 1 aliphatic heterocycles. The average molecular weight is 290 g/mol. The highest BCUT2D eigenvalue weighted by Crippen LogP contribution is 2.28. The molecule has 4 nitrogen and oxygen atoms in total. The first kappa shape index (κ1) is 13.2. The molecule has 0 spiro atoms. The molecule has 3 heterocycles. The lowest BCUT2D eigenvalue weighted by Crippen LogP contribution is -2.38. The molecule has 0 aliphatic carbocycles. The van der Waals surface area contributed by atoms with E-state index in [-0.39, 0.29) is 5.91 Å². The van der Waals surface area contributed by atoms with Crippen LogP contribution in [0.4, 0.5) is 0 Å². The molecule has 1 N–H and O–H groups in total. The van der Waals surface area contributed by atoms with Gasteiger partial charge in [0.1, 0.15) is 5.38 Å². The molecule has 0 bridgehead atoms. The highest BCUT2D eigenvalue weighted by atomic mass is 35.5. The fourth-order valence-corrected chi connectivity index (χ4v) is 2.70. The van der Waals surface area contributed by atoms with Gasteiger partial charge in [-0.3, -0.25) is 9.78 Å². The van der Waals surface area contributed by atoms with E-state index in [9.17, 15) is 4.79 Å². The highest BCUT2D eigenvalue weighted by Gasteiger charge is 2.22. The molecule has 2 aromatic heterocycles. The second kappa shape index (κ2) is 5.29. The van der Waals surface area contributed by atoms with Crippen molar-refractivity contribution in [3.05, 3.63) is 36.2 Å². The third-order valence-electron chi connectivity index (χ3n) is 3.64. The zero-order valence-corrected chi connectivity index (χ0v) is 12.0. The SMILES string of the molecule is CC(Cl)C(=O)N1CC=C(c2c[nH]c3cccnc23)CC1. The van der Waals surface area contributed by atoms with Gasteiger partial charge in [0.05, 0.1) is 11.0 Å². The van der Waals surface area contributed by atoms with Crippen LogP contribution < -0.4 is 0 Å². The normalized spacial score (nSPS) is 17.1. The van der Waals surface area contributed by atoms with Gasteiger partial charge < -0.3 is 9.88 Å². The number of carbonyl (C=O) groups excluding carboxylic acids is 1. The first-order valence-corrected chi connectivity index (χ1v) is 7.15. The van der Waals surface area contributed by atoms with Gasteiger partial charge in [0.25, 0.3) is 0 Å². The van der Waals surface area contributed by atoms with Crippen molar-refractivity contribution >= 4 is 34.1 Å². The van der Waals surface area contributed by atoms with Crippen LogP contribution in [0.5, 0.6) is 0 Å². The maximum atomic E-state index is 11.8. The van der Waals surface area contributed by atoms with Gasteiger partial charge in [-0.15, -0.1) is 11.6 Å². The summed E-state index contributed by atoms with van der Waals surface area (Å²) in [5, 5.41) is -0.459. The summed E-state index contributed by atoms with van der Waals surface area (Å²) in [5.74, 6) is -0.000909. The Morgan fingerprint density at radius 2 is 2.40 bits per heavy atom. The van der Waals surface area contributed by atoms with Crippen molar-refractivity contribution in [1.82, 2.24) is 14.9 Å². The number of aromatic nitrogens is 2. The van der Waals surface area contributed by atoms with E-state index < -0.39 is 5.38 Å². The topological polar surface area (TPSA) is 49.0 Å². The Morgan fingerprint density at radius 3 is 3.10 bits per heavy atom. The van der Waals surface area contributed by atoms with Crippen LogP contribution in [0.3, 0.4) is 0 Å². The Kier molecular flexibility index (Phi) is 3.49. The summed E-state index contributed by atoms with van der Waals surface area (Å²) in [4.78, 5) is 21.3. The van der Waals surface area contributed by atoms with E-state index in [1.165, 1.54) is 5.57 Å². The summed E-state index contributed by atoms with van der Waals surface area (Å²) in [5.41, 5.74) is 4.40. The van der Waals surface area contributed by atoms with Gasteiger partial charge in [0.2, 0.25) is 5.91 Å². The number of aromatic amines is 1. The molecule has 0 fully saturated rings. The molecule has 0 saturated heterocycles. The molecule has 1 unspecified atom stereocenters. The van der Waals surface area contributed by atoms with Crippen molar-refractivity contribution in [2.24, 2.45) is 0 Å². The van der Waals surface area contributed by atoms with Crippen molar-refractivity contribution in [3.63, 3.8) is 0 Å². The van der Waals surface area contributed by atoms with Crippen molar-refractivity contribution < 1.29 is 4.79 Å². The quantitative estimate of drug-likeness (QED) is 0.864. The Bertz CT molecular complexity index is 675. The van der Waals surface area contributed by atoms with Crippen LogP contribution in [-0.2, 0) is 4.79 Å². The van der Waals surface area contributed by atoms with Gasteiger partial charge in [-0.05, 0) is 31.1 Å². The van der Waals surface area contributed by atoms with Crippen LogP contribution >= 0.6 is 11.6 Å². The molecule has 5 heteroatoms. The molecule has 0 aromatic carbocycles. The van der Waals surface area contributed by atoms with Crippen molar-refractivity contribution in [1.29, 1.82) is 0 Å². The van der Waals surface area contributed by atoms with Gasteiger partial charge in [-0.1, -0.05) is 6.08 Å². The number of rotatable bonds is 2. The van der Waals surface area contributed by atoms with Crippen LogP contribution in [0.25, 0.3) is 16.6 Å². The molecule has 104 valence electrons. The minimum Gasteiger partial charge on any atom is -0.359 e. The lowest BCUT2D eigenvalue weighted by Gasteiger charge is -2.27. The van der Waals surface area contributed by atoms with Crippen LogP contribution in [0.15, 0.2) is 30.6 Å². The number of amides is 1. The Balaban J connectivity index is 1.85. The summed E-state index contributed by atoms with van der Waals surface area (Å²) in [6.07, 6.45) is 6.72. The number of halogens is 1.